The van der Waals surface area contributed by atoms with E-state index in [2.05, 4.69) is 35.0 Å². The second kappa shape index (κ2) is 9.12. The third kappa shape index (κ3) is 3.75. The zero-order valence-corrected chi connectivity index (χ0v) is 21.0. The quantitative estimate of drug-likeness (QED) is 0.375. The maximum absolute atomic E-state index is 9.21. The molecular formula is C28H23BrN2O4. The SMILES string of the molecule is COc1ccc2c(Cc3ccc(C#N)cc3)c3[n+](cc2c1OC)CCc1cc2c(cc1-3)OCO2.[Br-]. The molecule has 6 rings (SSSR count). The van der Waals surface area contributed by atoms with Crippen molar-refractivity contribution in [2.45, 2.75) is 19.4 Å². The normalized spacial score (nSPS) is 12.8. The summed E-state index contributed by atoms with van der Waals surface area (Å²) in [4.78, 5) is 0. The van der Waals surface area contributed by atoms with Crippen molar-refractivity contribution in [1.82, 2.24) is 0 Å². The van der Waals surface area contributed by atoms with Crippen molar-refractivity contribution in [3.05, 3.63) is 77.0 Å². The molecule has 0 radical (unpaired) electrons. The molecule has 0 saturated heterocycles. The number of pyridine rings is 1. The third-order valence-corrected chi connectivity index (χ3v) is 6.71. The van der Waals surface area contributed by atoms with Gasteiger partial charge in [-0.25, -0.2) is 0 Å². The van der Waals surface area contributed by atoms with Gasteiger partial charge in [-0.1, -0.05) is 12.1 Å². The molecule has 0 N–H and O–H groups in total. The minimum absolute atomic E-state index is 0. The van der Waals surface area contributed by atoms with E-state index in [-0.39, 0.29) is 23.8 Å². The molecule has 0 bridgehead atoms. The number of hydrogen-bond donors (Lipinski definition) is 0. The number of benzene rings is 3. The lowest BCUT2D eigenvalue weighted by atomic mass is 9.88. The number of nitriles is 1. The Labute approximate surface area is 214 Å². The largest absolute Gasteiger partial charge is 1.00 e. The molecule has 0 atom stereocenters. The van der Waals surface area contributed by atoms with Crippen molar-refractivity contribution >= 4 is 10.8 Å². The number of methoxy groups -OCH3 is 2. The van der Waals surface area contributed by atoms with Crippen LogP contribution in [0.15, 0.2) is 54.7 Å². The lowest BCUT2D eigenvalue weighted by molar-refractivity contribution is -0.686. The van der Waals surface area contributed by atoms with Crippen LogP contribution in [0.4, 0.5) is 0 Å². The van der Waals surface area contributed by atoms with Crippen LogP contribution in [-0.4, -0.2) is 21.0 Å². The van der Waals surface area contributed by atoms with Crippen LogP contribution in [0, 0.1) is 11.3 Å². The maximum Gasteiger partial charge on any atom is 0.231 e. The van der Waals surface area contributed by atoms with Crippen LogP contribution in [0.3, 0.4) is 0 Å². The molecule has 6 nitrogen and oxygen atoms in total. The van der Waals surface area contributed by atoms with Gasteiger partial charge in [0, 0.05) is 23.8 Å². The molecule has 176 valence electrons. The van der Waals surface area contributed by atoms with Crippen LogP contribution in [0.2, 0.25) is 0 Å². The summed E-state index contributed by atoms with van der Waals surface area (Å²) in [5.74, 6) is 3.03. The third-order valence-electron chi connectivity index (χ3n) is 6.71. The molecular weight excluding hydrogens is 508 g/mol. The summed E-state index contributed by atoms with van der Waals surface area (Å²) in [5, 5.41) is 11.3. The van der Waals surface area contributed by atoms with E-state index in [1.165, 1.54) is 16.8 Å². The van der Waals surface area contributed by atoms with E-state index in [1.54, 1.807) is 14.2 Å². The highest BCUT2D eigenvalue weighted by Crippen LogP contribution is 2.44. The van der Waals surface area contributed by atoms with E-state index in [4.69, 9.17) is 18.9 Å². The summed E-state index contributed by atoms with van der Waals surface area (Å²) in [6.45, 7) is 1.10. The first-order valence-corrected chi connectivity index (χ1v) is 11.2. The first-order valence-electron chi connectivity index (χ1n) is 11.2. The topological polar surface area (TPSA) is 64.6 Å². The van der Waals surface area contributed by atoms with Gasteiger partial charge in [0.15, 0.2) is 35.7 Å². The monoisotopic (exact) mass is 530 g/mol. The van der Waals surface area contributed by atoms with Gasteiger partial charge in [-0.3, -0.25) is 0 Å². The molecule has 0 saturated carbocycles. The van der Waals surface area contributed by atoms with Crippen molar-refractivity contribution in [3.63, 3.8) is 0 Å². The number of halogens is 1. The summed E-state index contributed by atoms with van der Waals surface area (Å²) in [6, 6.07) is 18.3. The second-order valence-electron chi connectivity index (χ2n) is 8.51. The number of rotatable bonds is 4. The van der Waals surface area contributed by atoms with Crippen molar-refractivity contribution in [1.29, 1.82) is 5.26 Å². The summed E-state index contributed by atoms with van der Waals surface area (Å²) >= 11 is 0. The minimum Gasteiger partial charge on any atom is -1.00 e. The Kier molecular flexibility index (Phi) is 6.00. The Balaban J connectivity index is 0.00000253. The van der Waals surface area contributed by atoms with Gasteiger partial charge in [0.25, 0.3) is 0 Å². The second-order valence-corrected chi connectivity index (χ2v) is 8.51. The van der Waals surface area contributed by atoms with Crippen LogP contribution in [0.25, 0.3) is 22.0 Å². The first-order chi connectivity index (χ1) is 16.7. The molecule has 0 spiro atoms. The van der Waals surface area contributed by atoms with Crippen LogP contribution in [-0.2, 0) is 19.4 Å². The zero-order valence-electron chi connectivity index (χ0n) is 19.4. The van der Waals surface area contributed by atoms with Gasteiger partial charge >= 0.3 is 0 Å². The average Bonchev–Trinajstić information content (AvgIpc) is 3.34. The summed E-state index contributed by atoms with van der Waals surface area (Å²) in [7, 11) is 3.34. The molecule has 7 heteroatoms. The Morgan fingerprint density at radius 3 is 2.46 bits per heavy atom. The van der Waals surface area contributed by atoms with Crippen molar-refractivity contribution in [2.24, 2.45) is 0 Å². The lowest BCUT2D eigenvalue weighted by Crippen LogP contribution is -3.00. The minimum atomic E-state index is 0. The standard InChI is InChI=1S/C28H23N2O4.BrH/c1-31-24-8-7-20-22(11-17-3-5-18(14-29)6-4-17)27-21-13-26-25(33-16-34-26)12-19(21)9-10-30(27)15-23(20)28(24)32-2;/h3-8,12-13,15H,9-11,16H2,1-2H3;1H/q+1;/p-1. The molecule has 4 aromatic rings. The number of aryl methyl sites for hydroxylation is 2. The van der Waals surface area contributed by atoms with Crippen LogP contribution in [0.5, 0.6) is 23.0 Å². The number of fused-ring (bicyclic) bond motifs is 5. The zero-order chi connectivity index (χ0) is 23.2. The van der Waals surface area contributed by atoms with E-state index in [1.807, 2.05) is 30.3 Å². The Hall–Kier alpha value is -3.76. The molecule has 0 amide bonds. The number of ether oxygens (including phenoxy) is 4. The van der Waals surface area contributed by atoms with Gasteiger partial charge in [0.2, 0.25) is 12.5 Å². The fourth-order valence-electron chi connectivity index (χ4n) is 5.09. The lowest BCUT2D eigenvalue weighted by Gasteiger charge is -2.21. The maximum atomic E-state index is 9.21. The molecule has 3 aromatic carbocycles. The highest BCUT2D eigenvalue weighted by atomic mass is 79.9. The highest BCUT2D eigenvalue weighted by Gasteiger charge is 2.32. The molecule has 0 unspecified atom stereocenters. The summed E-state index contributed by atoms with van der Waals surface area (Å²) < 4.78 is 25.1. The molecule has 0 fully saturated rings. The number of nitrogens with zero attached hydrogens (tertiary/aromatic N) is 2. The van der Waals surface area contributed by atoms with Gasteiger partial charge in [0.1, 0.15) is 0 Å². The van der Waals surface area contributed by atoms with E-state index in [0.29, 0.717) is 17.7 Å². The van der Waals surface area contributed by atoms with Gasteiger partial charge in [-0.15, -0.1) is 0 Å². The predicted molar refractivity (Wildman–Crippen MR) is 126 cm³/mol. The predicted octanol–water partition coefficient (Wildman–Crippen LogP) is 1.56. The number of aromatic nitrogens is 1. The van der Waals surface area contributed by atoms with Gasteiger partial charge in [-0.05, 0) is 47.5 Å². The summed E-state index contributed by atoms with van der Waals surface area (Å²) in [6.07, 6.45) is 3.78. The van der Waals surface area contributed by atoms with Crippen LogP contribution < -0.4 is 40.5 Å². The molecule has 2 aliphatic rings. The van der Waals surface area contributed by atoms with E-state index in [0.717, 1.165) is 52.1 Å². The Bertz CT molecular complexity index is 1490. The Morgan fingerprint density at radius 2 is 1.74 bits per heavy atom. The van der Waals surface area contributed by atoms with E-state index in [9.17, 15) is 5.26 Å². The van der Waals surface area contributed by atoms with Gasteiger partial charge in [-0.2, -0.15) is 9.83 Å². The number of hydrogen-bond acceptors (Lipinski definition) is 5. The van der Waals surface area contributed by atoms with E-state index < -0.39 is 0 Å². The van der Waals surface area contributed by atoms with Crippen LogP contribution >= 0.6 is 0 Å². The van der Waals surface area contributed by atoms with Crippen molar-refractivity contribution in [3.8, 4) is 40.3 Å². The average molecular weight is 531 g/mol. The first kappa shape index (κ1) is 23.0. The molecule has 1 aromatic heterocycles. The molecule has 35 heavy (non-hydrogen) atoms. The fraction of sp³-hybridized carbons (Fsp3) is 0.214. The smallest absolute Gasteiger partial charge is 0.231 e. The van der Waals surface area contributed by atoms with Crippen LogP contribution in [0.1, 0.15) is 22.3 Å². The Morgan fingerprint density at radius 1 is 0.971 bits per heavy atom. The van der Waals surface area contributed by atoms with Crippen molar-refractivity contribution in [2.75, 3.05) is 21.0 Å². The molecule has 3 heterocycles. The van der Waals surface area contributed by atoms with Gasteiger partial charge < -0.3 is 35.9 Å². The van der Waals surface area contributed by atoms with Gasteiger partial charge in [0.05, 0.1) is 36.8 Å². The summed E-state index contributed by atoms with van der Waals surface area (Å²) in [5.41, 5.74) is 6.58. The van der Waals surface area contributed by atoms with E-state index >= 15 is 0 Å². The van der Waals surface area contributed by atoms with Crippen molar-refractivity contribution < 1.29 is 40.5 Å². The molecule has 2 aliphatic heterocycles. The fourth-order valence-corrected chi connectivity index (χ4v) is 5.09. The highest BCUT2D eigenvalue weighted by molar-refractivity contribution is 5.95. The molecule has 0 aliphatic carbocycles.